The van der Waals surface area contributed by atoms with Crippen LogP contribution in [0.2, 0.25) is 0 Å². The molecule has 0 spiro atoms. The van der Waals surface area contributed by atoms with Gasteiger partial charge in [-0.25, -0.2) is 9.78 Å². The molecule has 2 N–H and O–H groups in total. The minimum absolute atomic E-state index is 0.296. The second-order valence-corrected chi connectivity index (χ2v) is 6.91. The summed E-state index contributed by atoms with van der Waals surface area (Å²) in [5.74, 6) is -0.420. The molecular weight excluding hydrogens is 358 g/mol. The molecule has 0 atom stereocenters. The summed E-state index contributed by atoms with van der Waals surface area (Å²) in [6, 6.07) is 15.7. The van der Waals surface area contributed by atoms with Gasteiger partial charge in [-0.3, -0.25) is 4.98 Å². The van der Waals surface area contributed by atoms with Crippen LogP contribution >= 0.6 is 11.3 Å². The van der Waals surface area contributed by atoms with Crippen LogP contribution in [0, 0.1) is 0 Å². The summed E-state index contributed by atoms with van der Waals surface area (Å²) in [6.07, 6.45) is 3.51. The maximum absolute atomic E-state index is 12.3. The molecule has 1 aromatic carbocycles. The molecule has 0 saturated carbocycles. The molecule has 0 fully saturated rings. The maximum atomic E-state index is 12.3. The molecule has 0 amide bonds. The second-order valence-electron chi connectivity index (χ2n) is 5.91. The molecule has 0 radical (unpaired) electrons. The number of esters is 1. The van der Waals surface area contributed by atoms with E-state index in [9.17, 15) is 4.79 Å². The van der Waals surface area contributed by atoms with E-state index >= 15 is 0 Å². The molecule has 0 aliphatic heterocycles. The molecule has 0 aliphatic carbocycles. The van der Waals surface area contributed by atoms with E-state index in [-0.39, 0.29) is 0 Å². The molecule has 0 bridgehead atoms. The third-order valence-corrected chi connectivity index (χ3v) is 5.28. The molecule has 4 aromatic rings. The standard InChI is InChI=1S/C21H17N3O2S/c1-2-26-21(25)19-18(22)17-15(14-9-6-10-23-12-14)11-16(24-20(17)27-19)13-7-4-3-5-8-13/h3-12H,2,22H2,1H3. The first-order valence-electron chi connectivity index (χ1n) is 8.55. The zero-order valence-electron chi connectivity index (χ0n) is 14.7. The number of carbonyl (C=O) groups is 1. The van der Waals surface area contributed by atoms with E-state index in [1.165, 1.54) is 11.3 Å². The van der Waals surface area contributed by atoms with Gasteiger partial charge in [0, 0.05) is 28.9 Å². The topological polar surface area (TPSA) is 78.1 Å². The van der Waals surface area contributed by atoms with Crippen LogP contribution in [0.15, 0.2) is 60.9 Å². The van der Waals surface area contributed by atoms with Crippen LogP contribution < -0.4 is 5.73 Å². The number of pyridine rings is 2. The highest BCUT2D eigenvalue weighted by Gasteiger charge is 2.22. The normalized spacial score (nSPS) is 10.9. The number of nitrogen functional groups attached to an aromatic ring is 1. The number of anilines is 1. The number of benzene rings is 1. The van der Waals surface area contributed by atoms with Gasteiger partial charge in [0.25, 0.3) is 0 Å². The molecule has 3 heterocycles. The van der Waals surface area contributed by atoms with E-state index in [2.05, 4.69) is 4.98 Å². The molecule has 5 nitrogen and oxygen atoms in total. The Morgan fingerprint density at radius 2 is 1.93 bits per heavy atom. The van der Waals surface area contributed by atoms with Gasteiger partial charge >= 0.3 is 5.97 Å². The Morgan fingerprint density at radius 3 is 2.63 bits per heavy atom. The van der Waals surface area contributed by atoms with E-state index in [0.29, 0.717) is 22.0 Å². The number of hydrogen-bond acceptors (Lipinski definition) is 6. The molecule has 27 heavy (non-hydrogen) atoms. The van der Waals surface area contributed by atoms with Crippen LogP contribution in [-0.2, 0) is 4.74 Å². The Kier molecular flexibility index (Phi) is 4.56. The first kappa shape index (κ1) is 17.2. The summed E-state index contributed by atoms with van der Waals surface area (Å²) in [6.45, 7) is 2.07. The number of carbonyl (C=O) groups excluding carboxylic acids is 1. The highest BCUT2D eigenvalue weighted by Crippen LogP contribution is 2.41. The summed E-state index contributed by atoms with van der Waals surface area (Å²) >= 11 is 1.26. The van der Waals surface area contributed by atoms with Crippen molar-refractivity contribution < 1.29 is 9.53 Å². The second kappa shape index (κ2) is 7.17. The highest BCUT2D eigenvalue weighted by atomic mass is 32.1. The summed E-state index contributed by atoms with van der Waals surface area (Å²) in [5, 5.41) is 0.760. The Labute approximate surface area is 160 Å². The van der Waals surface area contributed by atoms with Crippen molar-refractivity contribution >= 4 is 33.2 Å². The molecule has 0 aliphatic rings. The number of thiophene rings is 1. The lowest BCUT2D eigenvalue weighted by molar-refractivity contribution is 0.0533. The van der Waals surface area contributed by atoms with Gasteiger partial charge in [0.05, 0.1) is 18.0 Å². The summed E-state index contributed by atoms with van der Waals surface area (Å²) in [4.78, 5) is 22.4. The summed E-state index contributed by atoms with van der Waals surface area (Å²) in [5.41, 5.74) is 10.4. The number of ether oxygens (including phenoxy) is 1. The Balaban J connectivity index is 2.01. The van der Waals surface area contributed by atoms with Gasteiger partial charge in [-0.2, -0.15) is 0 Å². The minimum Gasteiger partial charge on any atom is -0.462 e. The monoisotopic (exact) mass is 375 g/mol. The third kappa shape index (κ3) is 3.15. The largest absolute Gasteiger partial charge is 0.462 e. The molecular formula is C21H17N3O2S. The number of fused-ring (bicyclic) bond motifs is 1. The fourth-order valence-electron chi connectivity index (χ4n) is 2.98. The first-order valence-corrected chi connectivity index (χ1v) is 9.36. The Morgan fingerprint density at radius 1 is 1.15 bits per heavy atom. The van der Waals surface area contributed by atoms with Gasteiger partial charge < -0.3 is 10.5 Å². The molecule has 4 rings (SSSR count). The van der Waals surface area contributed by atoms with E-state index in [4.69, 9.17) is 15.5 Å². The van der Waals surface area contributed by atoms with E-state index < -0.39 is 5.97 Å². The van der Waals surface area contributed by atoms with Gasteiger partial charge in [-0.05, 0) is 24.6 Å². The van der Waals surface area contributed by atoms with Crippen molar-refractivity contribution in [2.45, 2.75) is 6.92 Å². The molecule has 3 aromatic heterocycles. The fourth-order valence-corrected chi connectivity index (χ4v) is 3.99. The predicted octanol–water partition coefficient (Wildman–Crippen LogP) is 4.78. The number of nitrogens with two attached hydrogens (primary N) is 1. The Bertz CT molecular complexity index is 1110. The SMILES string of the molecule is CCOC(=O)c1sc2nc(-c3ccccc3)cc(-c3cccnc3)c2c1N. The fraction of sp³-hybridized carbons (Fsp3) is 0.0952. The van der Waals surface area contributed by atoms with Crippen molar-refractivity contribution in [2.75, 3.05) is 12.3 Å². The lowest BCUT2D eigenvalue weighted by Crippen LogP contribution is -2.04. The van der Waals surface area contributed by atoms with E-state index in [0.717, 1.165) is 27.8 Å². The van der Waals surface area contributed by atoms with Gasteiger partial charge in [0.2, 0.25) is 0 Å². The minimum atomic E-state index is -0.420. The van der Waals surface area contributed by atoms with Crippen LogP contribution in [0.3, 0.4) is 0 Å². The van der Waals surface area contributed by atoms with Gasteiger partial charge in [-0.15, -0.1) is 11.3 Å². The highest BCUT2D eigenvalue weighted by molar-refractivity contribution is 7.21. The van der Waals surface area contributed by atoms with Gasteiger partial charge in [0.1, 0.15) is 9.71 Å². The van der Waals surface area contributed by atoms with Gasteiger partial charge in [0.15, 0.2) is 0 Å². The lowest BCUT2D eigenvalue weighted by Gasteiger charge is -2.08. The quantitative estimate of drug-likeness (QED) is 0.519. The van der Waals surface area contributed by atoms with Crippen LogP contribution in [0.1, 0.15) is 16.6 Å². The lowest BCUT2D eigenvalue weighted by atomic mass is 10.0. The van der Waals surface area contributed by atoms with E-state index in [1.54, 1.807) is 19.3 Å². The van der Waals surface area contributed by atoms with Crippen LogP contribution in [0.25, 0.3) is 32.6 Å². The van der Waals surface area contributed by atoms with Crippen molar-refractivity contribution in [3.05, 3.63) is 65.8 Å². The van der Waals surface area contributed by atoms with Crippen molar-refractivity contribution in [1.82, 2.24) is 9.97 Å². The molecule has 6 heteroatoms. The molecule has 0 unspecified atom stereocenters. The number of hydrogen-bond donors (Lipinski definition) is 1. The van der Waals surface area contributed by atoms with Crippen LogP contribution in [0.4, 0.5) is 5.69 Å². The molecule has 0 saturated heterocycles. The Hall–Kier alpha value is -3.25. The van der Waals surface area contributed by atoms with Crippen LogP contribution in [-0.4, -0.2) is 22.5 Å². The zero-order chi connectivity index (χ0) is 18.8. The molecule has 134 valence electrons. The third-order valence-electron chi connectivity index (χ3n) is 4.20. The predicted molar refractivity (Wildman–Crippen MR) is 109 cm³/mol. The van der Waals surface area contributed by atoms with Gasteiger partial charge in [-0.1, -0.05) is 36.4 Å². The number of rotatable bonds is 4. The number of aromatic nitrogens is 2. The average Bonchev–Trinajstić information content (AvgIpc) is 3.05. The maximum Gasteiger partial charge on any atom is 0.350 e. The summed E-state index contributed by atoms with van der Waals surface area (Å²) in [7, 11) is 0. The van der Waals surface area contributed by atoms with Crippen molar-refractivity contribution in [3.63, 3.8) is 0 Å². The van der Waals surface area contributed by atoms with Crippen molar-refractivity contribution in [2.24, 2.45) is 0 Å². The van der Waals surface area contributed by atoms with Crippen molar-refractivity contribution in [1.29, 1.82) is 0 Å². The van der Waals surface area contributed by atoms with Crippen LogP contribution in [0.5, 0.6) is 0 Å². The number of nitrogens with zero attached hydrogens (tertiary/aromatic N) is 2. The first-order chi connectivity index (χ1) is 13.2. The van der Waals surface area contributed by atoms with E-state index in [1.807, 2.05) is 48.5 Å². The smallest absolute Gasteiger partial charge is 0.350 e. The average molecular weight is 375 g/mol. The summed E-state index contributed by atoms with van der Waals surface area (Å²) < 4.78 is 5.15. The zero-order valence-corrected chi connectivity index (χ0v) is 15.5. The van der Waals surface area contributed by atoms with Crippen molar-refractivity contribution in [3.8, 4) is 22.4 Å².